The van der Waals surface area contributed by atoms with E-state index in [1.165, 1.54) is 7.11 Å². The third-order valence-electron chi connectivity index (χ3n) is 6.92. The molecule has 0 bridgehead atoms. The quantitative estimate of drug-likeness (QED) is 0.255. The fourth-order valence-corrected chi connectivity index (χ4v) is 5.98. The molecule has 1 aromatic heterocycles. The van der Waals surface area contributed by atoms with Gasteiger partial charge in [-0.2, -0.15) is 5.26 Å². The number of hydrogen-bond acceptors (Lipinski definition) is 8. The number of hydrogen-bond donors (Lipinski definition) is 3. The summed E-state index contributed by atoms with van der Waals surface area (Å²) in [5.41, 5.74) is 4.18. The number of aryl methyl sites for hydroxylation is 1. The van der Waals surface area contributed by atoms with Crippen LogP contribution in [0.2, 0.25) is 0 Å². The second kappa shape index (κ2) is 12.4. The molecule has 3 N–H and O–H groups in total. The number of fused-ring (bicyclic) bond motifs is 1. The Morgan fingerprint density at radius 3 is 2.63 bits per heavy atom. The molecule has 41 heavy (non-hydrogen) atoms. The number of pyridine rings is 1. The highest BCUT2D eigenvalue weighted by atomic mass is 32.2. The summed E-state index contributed by atoms with van der Waals surface area (Å²) in [6.07, 6.45) is 4.28. The highest BCUT2D eigenvalue weighted by molar-refractivity contribution is 7.92. The molecule has 4 aromatic rings. The number of methoxy groups -OCH3 is 1. The van der Waals surface area contributed by atoms with Crippen molar-refractivity contribution in [1.29, 1.82) is 5.26 Å². The van der Waals surface area contributed by atoms with Gasteiger partial charge in [0.1, 0.15) is 22.5 Å². The molecule has 1 aliphatic rings. The van der Waals surface area contributed by atoms with Crippen LogP contribution in [-0.2, 0) is 16.4 Å². The van der Waals surface area contributed by atoms with Crippen molar-refractivity contribution in [2.45, 2.75) is 29.9 Å². The van der Waals surface area contributed by atoms with Crippen molar-refractivity contribution in [3.63, 3.8) is 0 Å². The highest BCUT2D eigenvalue weighted by Crippen LogP contribution is 2.35. The lowest BCUT2D eigenvalue weighted by atomic mass is 9.97. The lowest BCUT2D eigenvalue weighted by Crippen LogP contribution is -2.36. The number of rotatable bonds is 10. The number of ether oxygens (including phenoxy) is 2. The van der Waals surface area contributed by atoms with Gasteiger partial charge < -0.3 is 19.9 Å². The molecule has 9 nitrogen and oxygen atoms in total. The third kappa shape index (κ3) is 6.66. The Kier molecular flexibility index (Phi) is 8.50. The van der Waals surface area contributed by atoms with Crippen molar-refractivity contribution in [2.24, 2.45) is 0 Å². The molecule has 0 amide bonds. The summed E-state index contributed by atoms with van der Waals surface area (Å²) in [4.78, 5) is 4.05. The van der Waals surface area contributed by atoms with Gasteiger partial charge in [0.2, 0.25) is 0 Å². The first-order valence-corrected chi connectivity index (χ1v) is 14.6. The lowest BCUT2D eigenvalue weighted by molar-refractivity contribution is 0.146. The van der Waals surface area contributed by atoms with Gasteiger partial charge in [-0.05, 0) is 84.1 Å². The van der Waals surface area contributed by atoms with Crippen molar-refractivity contribution in [3.8, 4) is 28.7 Å². The maximum atomic E-state index is 13.3. The Hall–Kier alpha value is -4.43. The molecule has 2 atom stereocenters. The fraction of sp³-hybridized carbons (Fsp3) is 0.226. The first kappa shape index (κ1) is 28.1. The molecule has 3 aromatic carbocycles. The summed E-state index contributed by atoms with van der Waals surface area (Å²) in [5, 5.41) is 22.6. The zero-order valence-electron chi connectivity index (χ0n) is 22.4. The van der Waals surface area contributed by atoms with Crippen molar-refractivity contribution >= 4 is 15.7 Å². The predicted molar refractivity (Wildman–Crippen MR) is 155 cm³/mol. The number of sulfonamides is 1. The molecular weight excluding hydrogens is 540 g/mol. The summed E-state index contributed by atoms with van der Waals surface area (Å²) in [7, 11) is -2.55. The molecule has 0 fully saturated rings. The van der Waals surface area contributed by atoms with Crippen LogP contribution in [0.1, 0.15) is 29.2 Å². The van der Waals surface area contributed by atoms with Crippen LogP contribution < -0.4 is 19.5 Å². The first-order valence-electron chi connectivity index (χ1n) is 13.2. The minimum atomic E-state index is -3.97. The van der Waals surface area contributed by atoms with E-state index in [4.69, 9.17) is 14.7 Å². The Labute approximate surface area is 239 Å². The smallest absolute Gasteiger partial charge is 0.265 e. The number of nitrogens with zero attached hydrogens (tertiary/aromatic N) is 2. The molecule has 0 radical (unpaired) electrons. The monoisotopic (exact) mass is 570 g/mol. The van der Waals surface area contributed by atoms with Crippen LogP contribution in [0.15, 0.2) is 90.1 Å². The molecule has 0 saturated heterocycles. The van der Waals surface area contributed by atoms with Crippen molar-refractivity contribution in [3.05, 3.63) is 102 Å². The summed E-state index contributed by atoms with van der Waals surface area (Å²) < 4.78 is 40.7. The average Bonchev–Trinajstić information content (AvgIpc) is 3.01. The second-order valence-corrected chi connectivity index (χ2v) is 11.4. The van der Waals surface area contributed by atoms with Gasteiger partial charge in [0.15, 0.2) is 0 Å². The van der Waals surface area contributed by atoms with Crippen LogP contribution in [0.25, 0.3) is 11.1 Å². The van der Waals surface area contributed by atoms with Crippen LogP contribution >= 0.6 is 0 Å². The molecule has 0 aliphatic carbocycles. The SMILES string of the molecule is COc1ccc(-c2ccc3c(c2)CCC(CNCC(O)c2cccnc2)O3)cc1S(=O)(=O)Nc1ccc(C#N)cc1. The standard InChI is InChI=1S/C31H30N4O5S/c1-39-30-13-8-23(16-31(30)41(37,38)35-26-9-4-21(17-32)5-10-26)22-7-12-29-24(15-22)6-11-27(40-29)19-34-20-28(36)25-3-2-14-33-18-25/h2-5,7-10,12-16,18,27-28,34-36H,6,11,19-20H2,1H3. The third-order valence-corrected chi connectivity index (χ3v) is 8.32. The maximum absolute atomic E-state index is 13.3. The predicted octanol–water partition coefficient (Wildman–Crippen LogP) is 4.45. The number of benzene rings is 3. The maximum Gasteiger partial charge on any atom is 0.265 e. The topological polar surface area (TPSA) is 134 Å². The summed E-state index contributed by atoms with van der Waals surface area (Å²) in [6, 6.07) is 22.7. The minimum Gasteiger partial charge on any atom is -0.495 e. The van der Waals surface area contributed by atoms with Gasteiger partial charge in [-0.3, -0.25) is 9.71 Å². The van der Waals surface area contributed by atoms with Crippen molar-refractivity contribution in [1.82, 2.24) is 10.3 Å². The number of nitriles is 1. The largest absolute Gasteiger partial charge is 0.495 e. The van der Waals surface area contributed by atoms with E-state index >= 15 is 0 Å². The van der Waals surface area contributed by atoms with E-state index in [0.717, 1.165) is 40.8 Å². The molecular formula is C31H30N4O5S. The summed E-state index contributed by atoms with van der Waals surface area (Å²) in [5.74, 6) is 1.02. The van der Waals surface area contributed by atoms with Crippen molar-refractivity contribution < 1.29 is 23.0 Å². The van der Waals surface area contributed by atoms with E-state index in [1.807, 2.05) is 36.4 Å². The van der Waals surface area contributed by atoms with Gasteiger partial charge in [0.25, 0.3) is 10.0 Å². The minimum absolute atomic E-state index is 0.00967. The molecule has 2 heterocycles. The number of aliphatic hydroxyl groups is 1. The van der Waals surface area contributed by atoms with Gasteiger partial charge >= 0.3 is 0 Å². The fourth-order valence-electron chi connectivity index (χ4n) is 4.73. The van der Waals surface area contributed by atoms with E-state index in [9.17, 15) is 13.5 Å². The van der Waals surface area contributed by atoms with Gasteiger partial charge in [0, 0.05) is 36.7 Å². The normalized spacial score (nSPS) is 15.2. The zero-order chi connectivity index (χ0) is 28.8. The van der Waals surface area contributed by atoms with Gasteiger partial charge in [-0.25, -0.2) is 8.42 Å². The number of aromatic nitrogens is 1. The number of nitrogens with one attached hydrogen (secondary N) is 2. The van der Waals surface area contributed by atoms with Crippen LogP contribution in [0.4, 0.5) is 5.69 Å². The number of anilines is 1. The molecule has 0 spiro atoms. The molecule has 5 rings (SSSR count). The molecule has 1 aliphatic heterocycles. The highest BCUT2D eigenvalue weighted by Gasteiger charge is 2.23. The van der Waals surface area contributed by atoms with Crippen LogP contribution in [0.5, 0.6) is 11.5 Å². The Morgan fingerprint density at radius 1 is 1.12 bits per heavy atom. The van der Waals surface area contributed by atoms with Gasteiger partial charge in [0.05, 0.1) is 24.8 Å². The zero-order valence-corrected chi connectivity index (χ0v) is 23.3. The van der Waals surface area contributed by atoms with Gasteiger partial charge in [-0.1, -0.05) is 18.2 Å². The molecule has 10 heteroatoms. The van der Waals surface area contributed by atoms with Crippen LogP contribution in [0, 0.1) is 11.3 Å². The average molecular weight is 571 g/mol. The lowest BCUT2D eigenvalue weighted by Gasteiger charge is -2.27. The van der Waals surface area contributed by atoms with Gasteiger partial charge in [-0.15, -0.1) is 0 Å². The molecule has 2 unspecified atom stereocenters. The molecule has 210 valence electrons. The second-order valence-electron chi connectivity index (χ2n) is 9.72. The Bertz CT molecular complexity index is 1650. The van der Waals surface area contributed by atoms with Crippen LogP contribution in [0.3, 0.4) is 0 Å². The number of aliphatic hydroxyl groups excluding tert-OH is 1. The van der Waals surface area contributed by atoms with E-state index in [-0.39, 0.29) is 16.7 Å². The first-order chi connectivity index (χ1) is 19.9. The molecule has 0 saturated carbocycles. The Morgan fingerprint density at radius 2 is 1.90 bits per heavy atom. The summed E-state index contributed by atoms with van der Waals surface area (Å²) >= 11 is 0. The van der Waals surface area contributed by atoms with Crippen molar-refractivity contribution in [2.75, 3.05) is 24.9 Å². The Balaban J connectivity index is 1.27. The van der Waals surface area contributed by atoms with E-state index in [2.05, 4.69) is 15.0 Å². The van der Waals surface area contributed by atoms with E-state index in [0.29, 0.717) is 24.3 Å². The van der Waals surface area contributed by atoms with E-state index < -0.39 is 16.1 Å². The summed E-state index contributed by atoms with van der Waals surface area (Å²) in [6.45, 7) is 1.00. The van der Waals surface area contributed by atoms with E-state index in [1.54, 1.807) is 54.9 Å². The van der Waals surface area contributed by atoms with Crippen LogP contribution in [-0.4, -0.2) is 44.8 Å².